The fraction of sp³-hybridized carbons (Fsp3) is 0.478. The first-order valence-electron chi connectivity index (χ1n) is 10.8. The fourth-order valence-corrected chi connectivity index (χ4v) is 3.23. The Hall–Kier alpha value is -2.07. The Morgan fingerprint density at radius 2 is 1.84 bits per heavy atom. The molecule has 0 spiro atoms. The highest BCUT2D eigenvalue weighted by Gasteiger charge is 2.14. The quantitative estimate of drug-likeness (QED) is 0.222. The first-order chi connectivity index (χ1) is 14.7. The van der Waals surface area contributed by atoms with Gasteiger partial charge in [0.1, 0.15) is 11.6 Å². The molecule has 1 saturated heterocycles. The third-order valence-corrected chi connectivity index (χ3v) is 5.03. The van der Waals surface area contributed by atoms with Crippen LogP contribution >= 0.6 is 24.0 Å². The Morgan fingerprint density at radius 3 is 2.52 bits per heavy atom. The van der Waals surface area contributed by atoms with Gasteiger partial charge in [0.15, 0.2) is 5.96 Å². The molecule has 2 N–H and O–H groups in total. The maximum atomic E-state index is 5.73. The van der Waals surface area contributed by atoms with Crippen molar-refractivity contribution < 1.29 is 4.74 Å². The van der Waals surface area contributed by atoms with Crippen molar-refractivity contribution in [1.29, 1.82) is 0 Å². The van der Waals surface area contributed by atoms with Crippen molar-refractivity contribution in [3.8, 4) is 5.75 Å². The van der Waals surface area contributed by atoms with Crippen LogP contribution in [-0.2, 0) is 6.54 Å². The van der Waals surface area contributed by atoms with Gasteiger partial charge in [0, 0.05) is 45.5 Å². The van der Waals surface area contributed by atoms with Crippen LogP contribution in [0.2, 0.25) is 0 Å². The van der Waals surface area contributed by atoms with Crippen LogP contribution in [0, 0.1) is 0 Å². The van der Waals surface area contributed by atoms with E-state index >= 15 is 0 Å². The molecule has 8 heteroatoms. The second kappa shape index (κ2) is 14.1. The molecule has 1 fully saturated rings. The number of piperazine rings is 1. The summed E-state index contributed by atoms with van der Waals surface area (Å²) < 4.78 is 5.73. The van der Waals surface area contributed by atoms with E-state index in [2.05, 4.69) is 56.5 Å². The molecule has 1 aliphatic heterocycles. The highest BCUT2D eigenvalue weighted by atomic mass is 127. The molecular weight excluding hydrogens is 503 g/mol. The number of pyridine rings is 1. The number of halogens is 1. The SMILES string of the molecule is CCNC(=NCc1ccc(N2CCN(C)CC2)nc1)NCCCOc1ccccc1.I. The molecule has 1 aliphatic rings. The number of rotatable bonds is 9. The molecule has 0 saturated carbocycles. The molecule has 0 amide bonds. The smallest absolute Gasteiger partial charge is 0.191 e. The summed E-state index contributed by atoms with van der Waals surface area (Å²) in [5, 5.41) is 6.66. The van der Waals surface area contributed by atoms with E-state index in [-0.39, 0.29) is 24.0 Å². The summed E-state index contributed by atoms with van der Waals surface area (Å²) in [4.78, 5) is 14.0. The molecule has 7 nitrogen and oxygen atoms in total. The number of likely N-dealkylation sites (N-methyl/N-ethyl adjacent to an activating group) is 1. The van der Waals surface area contributed by atoms with Crippen LogP contribution in [0.3, 0.4) is 0 Å². The molecular formula is C23H35IN6O. The number of hydrogen-bond acceptors (Lipinski definition) is 5. The standard InChI is InChI=1S/C23H34N6O.HI/c1-3-24-23(25-12-7-17-30-21-8-5-4-6-9-21)27-19-20-10-11-22(26-18-20)29-15-13-28(2)14-16-29;/h4-6,8-11,18H,3,7,12-17,19H2,1-2H3,(H2,24,25,27);1H. The zero-order valence-electron chi connectivity index (χ0n) is 18.6. The normalized spacial score (nSPS) is 14.6. The molecule has 170 valence electrons. The number of nitrogens with zero attached hydrogens (tertiary/aromatic N) is 4. The average Bonchev–Trinajstić information content (AvgIpc) is 2.79. The van der Waals surface area contributed by atoms with Gasteiger partial charge in [-0.1, -0.05) is 24.3 Å². The highest BCUT2D eigenvalue weighted by molar-refractivity contribution is 14.0. The number of hydrogen-bond donors (Lipinski definition) is 2. The summed E-state index contributed by atoms with van der Waals surface area (Å²) in [6.07, 6.45) is 2.84. The first kappa shape index (κ1) is 25.2. The zero-order valence-corrected chi connectivity index (χ0v) is 20.9. The van der Waals surface area contributed by atoms with Crippen molar-refractivity contribution in [1.82, 2.24) is 20.5 Å². The molecule has 1 aromatic carbocycles. The second-order valence-corrected chi connectivity index (χ2v) is 7.45. The topological polar surface area (TPSA) is 65.0 Å². The van der Waals surface area contributed by atoms with Gasteiger partial charge in [-0.15, -0.1) is 24.0 Å². The second-order valence-electron chi connectivity index (χ2n) is 7.45. The number of ether oxygens (including phenoxy) is 1. The van der Waals surface area contributed by atoms with Gasteiger partial charge >= 0.3 is 0 Å². The summed E-state index contributed by atoms with van der Waals surface area (Å²) >= 11 is 0. The summed E-state index contributed by atoms with van der Waals surface area (Å²) in [6.45, 7) is 9.21. The largest absolute Gasteiger partial charge is 0.494 e. The van der Waals surface area contributed by atoms with Crippen LogP contribution in [0.4, 0.5) is 5.82 Å². The average molecular weight is 538 g/mol. The van der Waals surface area contributed by atoms with Crippen LogP contribution in [0.1, 0.15) is 18.9 Å². The maximum absolute atomic E-state index is 5.73. The zero-order chi connectivity index (χ0) is 21.0. The molecule has 0 radical (unpaired) electrons. The monoisotopic (exact) mass is 538 g/mol. The summed E-state index contributed by atoms with van der Waals surface area (Å²) in [7, 11) is 2.16. The van der Waals surface area contributed by atoms with E-state index in [1.54, 1.807) is 0 Å². The molecule has 31 heavy (non-hydrogen) atoms. The highest BCUT2D eigenvalue weighted by Crippen LogP contribution is 2.14. The van der Waals surface area contributed by atoms with Gasteiger partial charge in [-0.05, 0) is 44.2 Å². The molecule has 1 aromatic heterocycles. The lowest BCUT2D eigenvalue weighted by atomic mass is 10.2. The van der Waals surface area contributed by atoms with E-state index < -0.39 is 0 Å². The van der Waals surface area contributed by atoms with Crippen molar-refractivity contribution in [2.24, 2.45) is 4.99 Å². The van der Waals surface area contributed by atoms with Gasteiger partial charge in [-0.2, -0.15) is 0 Å². The van der Waals surface area contributed by atoms with Crippen LogP contribution in [-0.4, -0.2) is 68.8 Å². The van der Waals surface area contributed by atoms with Gasteiger partial charge < -0.3 is 25.2 Å². The number of aliphatic imine (C=N–C) groups is 1. The Balaban J connectivity index is 0.00000341. The minimum absolute atomic E-state index is 0. The fourth-order valence-electron chi connectivity index (χ4n) is 3.23. The van der Waals surface area contributed by atoms with E-state index in [0.29, 0.717) is 13.2 Å². The number of para-hydroxylation sites is 1. The van der Waals surface area contributed by atoms with E-state index in [0.717, 1.165) is 68.8 Å². The predicted octanol–water partition coefficient (Wildman–Crippen LogP) is 2.98. The van der Waals surface area contributed by atoms with Crippen molar-refractivity contribution in [3.63, 3.8) is 0 Å². The summed E-state index contributed by atoms with van der Waals surface area (Å²) in [6, 6.07) is 14.1. The summed E-state index contributed by atoms with van der Waals surface area (Å²) in [5.74, 6) is 2.78. The number of aromatic nitrogens is 1. The van der Waals surface area contributed by atoms with Crippen LogP contribution in [0.25, 0.3) is 0 Å². The van der Waals surface area contributed by atoms with Crippen LogP contribution in [0.15, 0.2) is 53.7 Å². The molecule has 0 atom stereocenters. The van der Waals surface area contributed by atoms with E-state index in [1.807, 2.05) is 36.5 Å². The third kappa shape index (κ3) is 8.90. The van der Waals surface area contributed by atoms with Gasteiger partial charge in [0.05, 0.1) is 13.2 Å². The molecule has 0 aliphatic carbocycles. The number of guanidine groups is 1. The molecule has 3 rings (SSSR count). The molecule has 0 unspecified atom stereocenters. The Labute approximate surface area is 203 Å². The lowest BCUT2D eigenvalue weighted by Crippen LogP contribution is -2.44. The molecule has 2 heterocycles. The Bertz CT molecular complexity index is 763. The predicted molar refractivity (Wildman–Crippen MR) is 139 cm³/mol. The van der Waals surface area contributed by atoms with Crippen molar-refractivity contribution in [2.45, 2.75) is 19.9 Å². The minimum Gasteiger partial charge on any atom is -0.494 e. The summed E-state index contributed by atoms with van der Waals surface area (Å²) in [5.41, 5.74) is 1.11. The molecule has 2 aromatic rings. The van der Waals surface area contributed by atoms with Crippen LogP contribution < -0.4 is 20.3 Å². The third-order valence-electron chi connectivity index (χ3n) is 5.03. The van der Waals surface area contributed by atoms with Crippen molar-refractivity contribution in [3.05, 3.63) is 54.2 Å². The number of anilines is 1. The van der Waals surface area contributed by atoms with E-state index in [4.69, 9.17) is 4.74 Å². The number of nitrogens with one attached hydrogen (secondary N) is 2. The van der Waals surface area contributed by atoms with Gasteiger partial charge in [-0.3, -0.25) is 0 Å². The lowest BCUT2D eigenvalue weighted by Gasteiger charge is -2.33. The van der Waals surface area contributed by atoms with Gasteiger partial charge in [-0.25, -0.2) is 9.98 Å². The Kier molecular flexibility index (Phi) is 11.4. The maximum Gasteiger partial charge on any atom is 0.191 e. The van der Waals surface area contributed by atoms with E-state index in [9.17, 15) is 0 Å². The van der Waals surface area contributed by atoms with Gasteiger partial charge in [0.2, 0.25) is 0 Å². The first-order valence-corrected chi connectivity index (χ1v) is 10.8. The van der Waals surface area contributed by atoms with Crippen molar-refractivity contribution >= 4 is 35.8 Å². The minimum atomic E-state index is 0. The number of benzene rings is 1. The lowest BCUT2D eigenvalue weighted by molar-refractivity contribution is 0.311. The Morgan fingerprint density at radius 1 is 1.06 bits per heavy atom. The van der Waals surface area contributed by atoms with Gasteiger partial charge in [0.25, 0.3) is 0 Å². The molecule has 0 bridgehead atoms. The van der Waals surface area contributed by atoms with E-state index in [1.165, 1.54) is 0 Å². The van der Waals surface area contributed by atoms with Crippen LogP contribution in [0.5, 0.6) is 5.75 Å². The van der Waals surface area contributed by atoms with Crippen molar-refractivity contribution in [2.75, 3.05) is 57.8 Å².